The molecule has 1 N–H and O–H groups in total. The summed E-state index contributed by atoms with van der Waals surface area (Å²) in [4.78, 5) is 8.28. The summed E-state index contributed by atoms with van der Waals surface area (Å²) in [5.74, 6) is 0. The van der Waals surface area contributed by atoms with Crippen LogP contribution in [0.4, 0.5) is 0 Å². The maximum absolute atomic E-state index is 8.84. The highest BCUT2D eigenvalue weighted by Crippen LogP contribution is 2.15. The number of ether oxygens (including phenoxy) is 1. The Bertz CT molecular complexity index is 278. The number of aromatic nitrogens is 2. The molecule has 0 saturated carbocycles. The highest BCUT2D eigenvalue weighted by Gasteiger charge is 2.19. The molecule has 0 radical (unpaired) electrons. The van der Waals surface area contributed by atoms with Gasteiger partial charge in [0.1, 0.15) is 0 Å². The number of rotatable bonds is 1. The average Bonchev–Trinajstić information content (AvgIpc) is 2.17. The molecule has 1 aromatic heterocycles. The molecule has 12 heavy (non-hydrogen) atoms. The summed E-state index contributed by atoms with van der Waals surface area (Å²) in [6.07, 6.45) is 3.88. The molecule has 1 unspecified atom stereocenters. The molecule has 0 fully saturated rings. The van der Waals surface area contributed by atoms with E-state index in [1.807, 2.05) is 0 Å². The van der Waals surface area contributed by atoms with Crippen molar-refractivity contribution in [1.82, 2.24) is 9.97 Å². The second-order valence-electron chi connectivity index (χ2n) is 2.77. The molecular formula is C8H10N2O2. The van der Waals surface area contributed by atoms with E-state index in [4.69, 9.17) is 9.84 Å². The second-order valence-corrected chi connectivity index (χ2v) is 2.77. The van der Waals surface area contributed by atoms with Crippen LogP contribution in [0.15, 0.2) is 12.4 Å². The highest BCUT2D eigenvalue weighted by atomic mass is 16.5. The van der Waals surface area contributed by atoms with E-state index in [0.717, 1.165) is 11.4 Å². The summed E-state index contributed by atoms with van der Waals surface area (Å²) in [5, 5.41) is 8.84. The Morgan fingerprint density at radius 1 is 1.42 bits per heavy atom. The smallest absolute Gasteiger partial charge is 0.0911 e. The highest BCUT2D eigenvalue weighted by molar-refractivity contribution is 5.12. The summed E-state index contributed by atoms with van der Waals surface area (Å²) in [7, 11) is 0. The Balaban J connectivity index is 2.23. The third-order valence-corrected chi connectivity index (χ3v) is 1.94. The van der Waals surface area contributed by atoms with E-state index in [2.05, 4.69) is 9.97 Å². The molecule has 0 aromatic carbocycles. The molecule has 2 heterocycles. The van der Waals surface area contributed by atoms with Crippen molar-refractivity contribution in [2.75, 3.05) is 6.61 Å². The zero-order chi connectivity index (χ0) is 8.39. The molecule has 0 amide bonds. The molecule has 0 saturated heterocycles. The van der Waals surface area contributed by atoms with Gasteiger partial charge in [-0.3, -0.25) is 9.97 Å². The minimum Gasteiger partial charge on any atom is -0.394 e. The van der Waals surface area contributed by atoms with Crippen LogP contribution in [0, 0.1) is 0 Å². The Morgan fingerprint density at radius 3 is 2.92 bits per heavy atom. The van der Waals surface area contributed by atoms with Gasteiger partial charge in [-0.25, -0.2) is 0 Å². The molecule has 1 aromatic rings. The van der Waals surface area contributed by atoms with Crippen LogP contribution < -0.4 is 0 Å². The molecule has 2 rings (SSSR count). The van der Waals surface area contributed by atoms with Gasteiger partial charge in [-0.05, 0) is 0 Å². The van der Waals surface area contributed by atoms with E-state index in [9.17, 15) is 0 Å². The summed E-state index contributed by atoms with van der Waals surface area (Å²) in [6.45, 7) is 0.518. The first-order valence-electron chi connectivity index (χ1n) is 3.91. The maximum Gasteiger partial charge on any atom is 0.0911 e. The van der Waals surface area contributed by atoms with Crippen molar-refractivity contribution < 1.29 is 9.84 Å². The van der Waals surface area contributed by atoms with Gasteiger partial charge in [0.05, 0.1) is 30.7 Å². The molecule has 1 aliphatic rings. The number of aliphatic hydroxyl groups is 1. The molecule has 4 nitrogen and oxygen atoms in total. The van der Waals surface area contributed by atoms with Crippen LogP contribution in [0.25, 0.3) is 0 Å². The van der Waals surface area contributed by atoms with Crippen LogP contribution in [0.2, 0.25) is 0 Å². The molecule has 1 atom stereocenters. The monoisotopic (exact) mass is 166 g/mol. The van der Waals surface area contributed by atoms with Crippen molar-refractivity contribution >= 4 is 0 Å². The number of fused-ring (bicyclic) bond motifs is 1. The number of hydrogen-bond donors (Lipinski definition) is 1. The van der Waals surface area contributed by atoms with E-state index in [1.54, 1.807) is 12.4 Å². The van der Waals surface area contributed by atoms with Crippen LogP contribution in [-0.4, -0.2) is 27.8 Å². The molecule has 0 aliphatic carbocycles. The molecule has 0 bridgehead atoms. The molecule has 64 valence electrons. The van der Waals surface area contributed by atoms with Crippen molar-refractivity contribution in [3.8, 4) is 0 Å². The van der Waals surface area contributed by atoms with Crippen molar-refractivity contribution in [2.24, 2.45) is 0 Å². The van der Waals surface area contributed by atoms with Crippen molar-refractivity contribution in [3.63, 3.8) is 0 Å². The Hall–Kier alpha value is -1.00. The Morgan fingerprint density at radius 2 is 2.17 bits per heavy atom. The third kappa shape index (κ3) is 1.31. The summed E-state index contributed by atoms with van der Waals surface area (Å²) in [5.41, 5.74) is 1.84. The van der Waals surface area contributed by atoms with Crippen LogP contribution in [0.1, 0.15) is 11.4 Å². The number of hydrogen-bond acceptors (Lipinski definition) is 4. The van der Waals surface area contributed by atoms with Gasteiger partial charge >= 0.3 is 0 Å². The fourth-order valence-electron chi connectivity index (χ4n) is 1.28. The van der Waals surface area contributed by atoms with Crippen LogP contribution in [0.5, 0.6) is 0 Å². The van der Waals surface area contributed by atoms with Crippen molar-refractivity contribution in [1.29, 1.82) is 0 Å². The zero-order valence-corrected chi connectivity index (χ0v) is 6.60. The Kier molecular flexibility index (Phi) is 2.01. The van der Waals surface area contributed by atoms with Crippen molar-refractivity contribution in [3.05, 3.63) is 23.8 Å². The van der Waals surface area contributed by atoms with Crippen molar-refractivity contribution in [2.45, 2.75) is 19.1 Å². The molecule has 0 spiro atoms. The fraction of sp³-hybridized carbons (Fsp3) is 0.500. The average molecular weight is 166 g/mol. The van der Waals surface area contributed by atoms with Crippen LogP contribution in [0.3, 0.4) is 0 Å². The Labute approximate surface area is 70.2 Å². The van der Waals surface area contributed by atoms with Gasteiger partial charge in [0.2, 0.25) is 0 Å². The largest absolute Gasteiger partial charge is 0.394 e. The standard InChI is InChI=1S/C8H10N2O2/c11-4-6-3-7-8(5-12-6)10-2-1-9-7/h1-2,6,11H,3-5H2. The van der Waals surface area contributed by atoms with Gasteiger partial charge in [-0.15, -0.1) is 0 Å². The third-order valence-electron chi connectivity index (χ3n) is 1.94. The molecule has 4 heteroatoms. The minimum absolute atomic E-state index is 0.0516. The first-order chi connectivity index (χ1) is 5.90. The lowest BCUT2D eigenvalue weighted by atomic mass is 10.1. The van der Waals surface area contributed by atoms with Crippen LogP contribution >= 0.6 is 0 Å². The minimum atomic E-state index is -0.103. The fourth-order valence-corrected chi connectivity index (χ4v) is 1.28. The first-order valence-corrected chi connectivity index (χ1v) is 3.91. The number of nitrogens with zero attached hydrogens (tertiary/aromatic N) is 2. The summed E-state index contributed by atoms with van der Waals surface area (Å²) < 4.78 is 5.30. The van der Waals surface area contributed by atoms with E-state index < -0.39 is 0 Å². The number of aliphatic hydroxyl groups excluding tert-OH is 1. The van der Waals surface area contributed by atoms with Gasteiger partial charge in [-0.1, -0.05) is 0 Å². The van der Waals surface area contributed by atoms with E-state index in [1.165, 1.54) is 0 Å². The van der Waals surface area contributed by atoms with Gasteiger partial charge < -0.3 is 9.84 Å². The topological polar surface area (TPSA) is 55.2 Å². The van der Waals surface area contributed by atoms with Gasteiger partial charge in [0, 0.05) is 18.8 Å². The van der Waals surface area contributed by atoms with Gasteiger partial charge in [-0.2, -0.15) is 0 Å². The normalized spacial score (nSPS) is 21.9. The lowest BCUT2D eigenvalue weighted by Crippen LogP contribution is -2.27. The van der Waals surface area contributed by atoms with Gasteiger partial charge in [0.25, 0.3) is 0 Å². The van der Waals surface area contributed by atoms with E-state index >= 15 is 0 Å². The maximum atomic E-state index is 8.84. The first kappa shape index (κ1) is 7.64. The lowest BCUT2D eigenvalue weighted by Gasteiger charge is -2.21. The van der Waals surface area contributed by atoms with Crippen LogP contribution in [-0.2, 0) is 17.8 Å². The predicted octanol–water partition coefficient (Wildman–Crippen LogP) is -0.0898. The SMILES string of the molecule is OCC1Cc2nccnc2CO1. The predicted molar refractivity (Wildman–Crippen MR) is 41.4 cm³/mol. The summed E-state index contributed by atoms with van der Waals surface area (Å²) in [6, 6.07) is 0. The zero-order valence-electron chi connectivity index (χ0n) is 6.60. The second kappa shape index (κ2) is 3.16. The molecule has 1 aliphatic heterocycles. The molecular weight excluding hydrogens is 156 g/mol. The lowest BCUT2D eigenvalue weighted by molar-refractivity contribution is -0.0101. The van der Waals surface area contributed by atoms with E-state index in [-0.39, 0.29) is 12.7 Å². The van der Waals surface area contributed by atoms with Gasteiger partial charge in [0.15, 0.2) is 0 Å². The summed E-state index contributed by atoms with van der Waals surface area (Å²) >= 11 is 0. The van der Waals surface area contributed by atoms with E-state index in [0.29, 0.717) is 13.0 Å². The quantitative estimate of drug-likeness (QED) is 0.633.